The van der Waals surface area contributed by atoms with E-state index in [1.54, 1.807) is 0 Å². The van der Waals surface area contributed by atoms with Gasteiger partial charge in [-0.25, -0.2) is 18.8 Å². The minimum Gasteiger partial charge on any atom is -0.305 e. The van der Waals surface area contributed by atoms with E-state index in [1.165, 1.54) is 0 Å². The number of hydrogen-bond donors (Lipinski definition) is 2. The van der Waals surface area contributed by atoms with Crippen LogP contribution in [-0.2, 0) is 29.2 Å². The molecule has 0 aliphatic heterocycles. The van der Waals surface area contributed by atoms with E-state index in [2.05, 4.69) is 21.7 Å². The summed E-state index contributed by atoms with van der Waals surface area (Å²) in [5, 5.41) is 11.4. The maximum Gasteiger partial charge on any atom is 0.354 e. The van der Waals surface area contributed by atoms with Gasteiger partial charge in [-0.3, -0.25) is 4.98 Å². The van der Waals surface area contributed by atoms with Crippen LogP contribution in [0.25, 0.3) is 0 Å². The standard InChI is InChI=1S/C17H20F2N6O2S/c1-9-5-6-11-14(9)21-12-4-2-3-10(12)15(11)22-17(26)24-28(20,27)13-7-8-25(23-13)16(18)19/h7-9,16H,2-6H2,1H3,(H3,20,21,22,24,26,27)/t9-,28?/m1/s1. The number of carbonyl (C=O) groups excluding carboxylic acids is 1. The molecular weight excluding hydrogens is 390 g/mol. The van der Waals surface area contributed by atoms with E-state index < -0.39 is 22.5 Å². The number of alkyl halides is 2. The molecule has 0 fully saturated rings. The molecule has 0 aromatic carbocycles. The zero-order valence-corrected chi connectivity index (χ0v) is 16.0. The fourth-order valence-corrected chi connectivity index (χ4v) is 4.69. The average molecular weight is 410 g/mol. The molecule has 0 saturated heterocycles. The second kappa shape index (κ2) is 6.89. The Morgan fingerprint density at radius 1 is 1.39 bits per heavy atom. The molecule has 2 amide bonds. The summed E-state index contributed by atoms with van der Waals surface area (Å²) < 4.78 is 41.7. The van der Waals surface area contributed by atoms with Crippen LogP contribution in [-0.4, -0.2) is 25.0 Å². The molecule has 1 unspecified atom stereocenters. The number of carbonyl (C=O) groups is 1. The average Bonchev–Trinajstić information content (AvgIpc) is 3.34. The van der Waals surface area contributed by atoms with Crippen molar-refractivity contribution in [1.29, 1.82) is 0 Å². The molecular formula is C17H20F2N6O2S. The van der Waals surface area contributed by atoms with Gasteiger partial charge in [-0.1, -0.05) is 6.92 Å². The normalized spacial score (nSPS) is 20.0. The number of nitrogens with one attached hydrogen (secondary N) is 1. The first-order valence-electron chi connectivity index (χ1n) is 9.00. The van der Waals surface area contributed by atoms with Crippen LogP contribution in [0.15, 0.2) is 21.7 Å². The molecule has 4 rings (SSSR count). The molecule has 2 aliphatic rings. The molecule has 2 aliphatic carbocycles. The summed E-state index contributed by atoms with van der Waals surface area (Å²) in [6.07, 6.45) is 5.29. The zero-order chi connectivity index (χ0) is 20.1. The molecule has 8 nitrogen and oxygen atoms in total. The van der Waals surface area contributed by atoms with Crippen molar-refractivity contribution in [3.8, 4) is 0 Å². The number of aromatic nitrogens is 3. The highest BCUT2D eigenvalue weighted by molar-refractivity contribution is 7.91. The Hall–Kier alpha value is -2.40. The monoisotopic (exact) mass is 410 g/mol. The highest BCUT2D eigenvalue weighted by atomic mass is 32.2. The molecule has 2 aromatic heterocycles. The van der Waals surface area contributed by atoms with E-state index >= 15 is 0 Å². The maximum absolute atomic E-state index is 12.7. The van der Waals surface area contributed by atoms with E-state index in [0.29, 0.717) is 16.3 Å². The molecule has 28 heavy (non-hydrogen) atoms. The van der Waals surface area contributed by atoms with E-state index in [1.807, 2.05) is 0 Å². The molecule has 11 heteroatoms. The Morgan fingerprint density at radius 2 is 2.18 bits per heavy atom. The highest BCUT2D eigenvalue weighted by Gasteiger charge is 2.30. The Balaban J connectivity index is 1.67. The van der Waals surface area contributed by atoms with Crippen LogP contribution >= 0.6 is 0 Å². The van der Waals surface area contributed by atoms with Gasteiger partial charge >= 0.3 is 12.6 Å². The van der Waals surface area contributed by atoms with E-state index in [0.717, 1.165) is 66.9 Å². The van der Waals surface area contributed by atoms with Crippen molar-refractivity contribution >= 4 is 21.6 Å². The summed E-state index contributed by atoms with van der Waals surface area (Å²) in [5.41, 5.74) is 4.63. The molecule has 3 N–H and O–H groups in total. The smallest absolute Gasteiger partial charge is 0.305 e. The molecule has 2 atom stereocenters. The van der Waals surface area contributed by atoms with E-state index in [4.69, 9.17) is 10.1 Å². The number of pyridine rings is 1. The third-order valence-electron chi connectivity index (χ3n) is 5.18. The molecule has 0 radical (unpaired) electrons. The maximum atomic E-state index is 12.7. The predicted molar refractivity (Wildman–Crippen MR) is 98.5 cm³/mol. The summed E-state index contributed by atoms with van der Waals surface area (Å²) in [5.74, 6) is 0.311. The molecule has 0 bridgehead atoms. The number of nitrogens with two attached hydrogens (primary N) is 1. The SMILES string of the molecule is C[C@@H]1CCc2c1nc1c(c2NC(=O)N=S(N)(=O)c2ccn(C(F)F)n2)CCC1. The van der Waals surface area contributed by atoms with Crippen LogP contribution in [0.1, 0.15) is 54.7 Å². The summed E-state index contributed by atoms with van der Waals surface area (Å²) in [4.78, 5) is 17.3. The van der Waals surface area contributed by atoms with Crippen molar-refractivity contribution in [3.05, 3.63) is 34.8 Å². The van der Waals surface area contributed by atoms with Crippen molar-refractivity contribution < 1.29 is 17.8 Å². The third kappa shape index (κ3) is 3.28. The second-order valence-electron chi connectivity index (χ2n) is 7.07. The molecule has 0 saturated carbocycles. The number of fused-ring (bicyclic) bond motifs is 2. The summed E-state index contributed by atoms with van der Waals surface area (Å²) in [6, 6.07) is 0.176. The molecule has 150 valence electrons. The first-order chi connectivity index (χ1) is 13.3. The molecule has 2 heterocycles. The van der Waals surface area contributed by atoms with Gasteiger partial charge in [-0.15, -0.1) is 4.36 Å². The minimum atomic E-state index is -3.75. The van der Waals surface area contributed by atoms with Gasteiger partial charge in [0.2, 0.25) is 0 Å². The van der Waals surface area contributed by atoms with Crippen LogP contribution < -0.4 is 10.5 Å². The quantitative estimate of drug-likeness (QED) is 0.809. The number of nitrogens with zero attached hydrogens (tertiary/aromatic N) is 4. The lowest BCUT2D eigenvalue weighted by Crippen LogP contribution is -2.20. The van der Waals surface area contributed by atoms with Gasteiger partial charge in [0, 0.05) is 17.6 Å². The zero-order valence-electron chi connectivity index (χ0n) is 15.2. The summed E-state index contributed by atoms with van der Waals surface area (Å²) in [7, 11) is -3.75. The largest absolute Gasteiger partial charge is 0.354 e. The molecule has 0 spiro atoms. The van der Waals surface area contributed by atoms with Crippen LogP contribution in [0, 0.1) is 0 Å². The van der Waals surface area contributed by atoms with Crippen LogP contribution in [0.2, 0.25) is 0 Å². The number of aryl methyl sites for hydroxylation is 1. The number of anilines is 1. The Morgan fingerprint density at radius 3 is 2.89 bits per heavy atom. The number of rotatable bonds is 3. The first-order valence-corrected chi connectivity index (χ1v) is 10.6. The van der Waals surface area contributed by atoms with E-state index in [-0.39, 0.29) is 5.03 Å². The van der Waals surface area contributed by atoms with Gasteiger partial charge in [-0.05, 0) is 55.2 Å². The Kier molecular flexibility index (Phi) is 4.66. The highest BCUT2D eigenvalue weighted by Crippen LogP contribution is 2.41. The third-order valence-corrected chi connectivity index (χ3v) is 6.44. The Bertz CT molecular complexity index is 1070. The van der Waals surface area contributed by atoms with Crippen molar-refractivity contribution in [2.45, 2.75) is 56.5 Å². The van der Waals surface area contributed by atoms with Crippen molar-refractivity contribution in [1.82, 2.24) is 14.8 Å². The van der Waals surface area contributed by atoms with Gasteiger partial charge in [0.15, 0.2) is 14.9 Å². The van der Waals surface area contributed by atoms with Gasteiger partial charge in [0.1, 0.15) is 0 Å². The second-order valence-corrected chi connectivity index (χ2v) is 8.81. The van der Waals surface area contributed by atoms with Crippen LogP contribution in [0.5, 0.6) is 0 Å². The van der Waals surface area contributed by atoms with Crippen LogP contribution in [0.3, 0.4) is 0 Å². The number of amides is 2. The predicted octanol–water partition coefficient (Wildman–Crippen LogP) is 3.14. The van der Waals surface area contributed by atoms with Gasteiger partial charge < -0.3 is 5.32 Å². The fourth-order valence-electron chi connectivity index (χ4n) is 3.84. The number of halogens is 2. The minimum absolute atomic E-state index is 0.305. The van der Waals surface area contributed by atoms with Gasteiger partial charge in [-0.2, -0.15) is 13.9 Å². The van der Waals surface area contributed by atoms with E-state index in [9.17, 15) is 17.8 Å². The van der Waals surface area contributed by atoms with Crippen LogP contribution in [0.4, 0.5) is 19.3 Å². The first kappa shape index (κ1) is 18.9. The van der Waals surface area contributed by atoms with Gasteiger partial charge in [0.25, 0.3) is 0 Å². The number of urea groups is 1. The lowest BCUT2D eigenvalue weighted by Gasteiger charge is -2.15. The van der Waals surface area contributed by atoms with Gasteiger partial charge in [0.05, 0.1) is 5.69 Å². The number of hydrogen-bond acceptors (Lipinski definition) is 4. The summed E-state index contributed by atoms with van der Waals surface area (Å²) >= 11 is 0. The summed E-state index contributed by atoms with van der Waals surface area (Å²) in [6.45, 7) is -0.802. The Labute approximate surface area is 160 Å². The lowest BCUT2D eigenvalue weighted by atomic mass is 10.0. The molecule has 2 aromatic rings. The lowest BCUT2D eigenvalue weighted by molar-refractivity contribution is 0.0554. The van der Waals surface area contributed by atoms with Crippen molar-refractivity contribution in [3.63, 3.8) is 0 Å². The topological polar surface area (TPSA) is 115 Å². The fraction of sp³-hybridized carbons (Fsp3) is 0.471. The van der Waals surface area contributed by atoms with Crippen molar-refractivity contribution in [2.24, 2.45) is 9.50 Å². The van der Waals surface area contributed by atoms with Crippen molar-refractivity contribution in [2.75, 3.05) is 5.32 Å².